The zero-order valence-corrected chi connectivity index (χ0v) is 12.4. The van der Waals surface area contributed by atoms with E-state index in [1.54, 1.807) is 6.07 Å². The first-order chi connectivity index (χ1) is 10.1. The summed E-state index contributed by atoms with van der Waals surface area (Å²) in [5.74, 6) is 0.488. The van der Waals surface area contributed by atoms with Gasteiger partial charge in [-0.2, -0.15) is 5.10 Å². The molecule has 0 aliphatic rings. The zero-order chi connectivity index (χ0) is 15.3. The number of sulfonamides is 1. The fourth-order valence-electron chi connectivity index (χ4n) is 1.72. The second-order valence-corrected chi connectivity index (χ2v) is 6.05. The second-order valence-electron chi connectivity index (χ2n) is 4.37. The van der Waals surface area contributed by atoms with E-state index in [4.69, 9.17) is 4.74 Å². The van der Waals surface area contributed by atoms with Crippen molar-refractivity contribution in [1.29, 1.82) is 0 Å². The molecule has 0 saturated carbocycles. The topological polar surface area (TPSA) is 104 Å². The van der Waals surface area contributed by atoms with Crippen LogP contribution >= 0.6 is 0 Å². The van der Waals surface area contributed by atoms with E-state index in [1.807, 2.05) is 6.92 Å². The minimum absolute atomic E-state index is 0.0524. The monoisotopic (exact) mass is 311 g/mol. The van der Waals surface area contributed by atoms with Gasteiger partial charge in [0.25, 0.3) is 10.0 Å². The average Bonchev–Trinajstić information content (AvgIpc) is 2.97. The van der Waals surface area contributed by atoms with Crippen LogP contribution in [0.1, 0.15) is 18.9 Å². The molecule has 0 radical (unpaired) electrons. The molecule has 21 heavy (non-hydrogen) atoms. The lowest BCUT2D eigenvalue weighted by atomic mass is 10.2. The molecule has 0 aliphatic carbocycles. The first kappa shape index (κ1) is 15.3. The van der Waals surface area contributed by atoms with Crippen molar-refractivity contribution in [2.75, 3.05) is 11.3 Å². The molecule has 8 heteroatoms. The summed E-state index contributed by atoms with van der Waals surface area (Å²) in [6, 6.07) is 4.38. The third kappa shape index (κ3) is 3.73. The highest BCUT2D eigenvalue weighted by Gasteiger charge is 2.17. The molecular weight excluding hydrogens is 294 g/mol. The number of rotatable bonds is 7. The van der Waals surface area contributed by atoms with Crippen molar-refractivity contribution in [2.45, 2.75) is 24.8 Å². The average molecular weight is 311 g/mol. The van der Waals surface area contributed by atoms with Gasteiger partial charge in [0.05, 0.1) is 30.0 Å². The van der Waals surface area contributed by atoms with E-state index in [0.29, 0.717) is 23.6 Å². The molecule has 1 aromatic heterocycles. The number of aromatic amines is 1. The lowest BCUT2D eigenvalue weighted by Crippen LogP contribution is -2.13. The number of aliphatic hydroxyl groups is 1. The Hall–Kier alpha value is -2.06. The number of anilines is 1. The molecule has 0 spiro atoms. The molecule has 0 fully saturated rings. The lowest BCUT2D eigenvalue weighted by Gasteiger charge is -2.12. The summed E-state index contributed by atoms with van der Waals surface area (Å²) in [6.45, 7) is 2.17. The van der Waals surface area contributed by atoms with Gasteiger partial charge in [0, 0.05) is 11.8 Å². The highest BCUT2D eigenvalue weighted by molar-refractivity contribution is 7.92. The molecule has 0 unspecified atom stereocenters. The second kappa shape index (κ2) is 6.59. The molecule has 0 bridgehead atoms. The summed E-state index contributed by atoms with van der Waals surface area (Å²) in [4.78, 5) is 0.0524. The molecule has 0 saturated heterocycles. The number of nitrogens with one attached hydrogen (secondary N) is 2. The van der Waals surface area contributed by atoms with Gasteiger partial charge in [-0.25, -0.2) is 8.42 Å². The van der Waals surface area contributed by atoms with Crippen molar-refractivity contribution < 1.29 is 18.3 Å². The van der Waals surface area contributed by atoms with Crippen molar-refractivity contribution in [3.05, 3.63) is 36.2 Å². The van der Waals surface area contributed by atoms with Crippen molar-refractivity contribution in [3.8, 4) is 5.75 Å². The highest BCUT2D eigenvalue weighted by atomic mass is 32.2. The van der Waals surface area contributed by atoms with Gasteiger partial charge in [0.1, 0.15) is 5.75 Å². The first-order valence-corrected chi connectivity index (χ1v) is 7.93. The van der Waals surface area contributed by atoms with Crippen molar-refractivity contribution >= 4 is 15.7 Å². The number of hydrogen-bond donors (Lipinski definition) is 3. The standard InChI is InChI=1S/C13H17N3O4S/c1-2-5-20-13-4-3-12(6-10(13)9-17)21(18,19)16-11-7-14-15-8-11/h3-4,6-8,16-17H,2,5,9H2,1H3,(H,14,15). The lowest BCUT2D eigenvalue weighted by molar-refractivity contribution is 0.262. The molecule has 0 atom stereocenters. The summed E-state index contributed by atoms with van der Waals surface area (Å²) in [6.07, 6.45) is 3.62. The van der Waals surface area contributed by atoms with E-state index >= 15 is 0 Å². The van der Waals surface area contributed by atoms with Gasteiger partial charge < -0.3 is 9.84 Å². The minimum atomic E-state index is -3.73. The number of aromatic nitrogens is 2. The van der Waals surface area contributed by atoms with Gasteiger partial charge in [0.15, 0.2) is 0 Å². The largest absolute Gasteiger partial charge is 0.493 e. The van der Waals surface area contributed by atoms with E-state index in [0.717, 1.165) is 6.42 Å². The predicted octanol–water partition coefficient (Wildman–Crippen LogP) is 1.49. The zero-order valence-electron chi connectivity index (χ0n) is 11.5. The van der Waals surface area contributed by atoms with Crippen LogP contribution in [0.2, 0.25) is 0 Å². The van der Waals surface area contributed by atoms with Gasteiger partial charge in [0.2, 0.25) is 0 Å². The molecule has 1 heterocycles. The predicted molar refractivity (Wildman–Crippen MR) is 77.5 cm³/mol. The molecule has 1 aromatic carbocycles. The molecule has 3 N–H and O–H groups in total. The third-order valence-corrected chi connectivity index (χ3v) is 4.10. The van der Waals surface area contributed by atoms with E-state index in [9.17, 15) is 13.5 Å². The molecule has 114 valence electrons. The van der Waals surface area contributed by atoms with Crippen molar-refractivity contribution in [3.63, 3.8) is 0 Å². The van der Waals surface area contributed by atoms with E-state index in [2.05, 4.69) is 14.9 Å². The van der Waals surface area contributed by atoms with Gasteiger partial charge >= 0.3 is 0 Å². The number of hydrogen-bond acceptors (Lipinski definition) is 5. The molecule has 7 nitrogen and oxygen atoms in total. The van der Waals surface area contributed by atoms with Crippen LogP contribution in [0.4, 0.5) is 5.69 Å². The maximum atomic E-state index is 12.2. The Morgan fingerprint density at radius 1 is 1.43 bits per heavy atom. The van der Waals surface area contributed by atoms with Crippen LogP contribution < -0.4 is 9.46 Å². The Morgan fingerprint density at radius 2 is 2.24 bits per heavy atom. The van der Waals surface area contributed by atoms with E-state index in [-0.39, 0.29) is 11.5 Å². The SMILES string of the molecule is CCCOc1ccc(S(=O)(=O)Nc2cn[nH]c2)cc1CO. The van der Waals surface area contributed by atoms with Gasteiger partial charge in [-0.1, -0.05) is 6.92 Å². The van der Waals surface area contributed by atoms with Crippen LogP contribution in [0.15, 0.2) is 35.5 Å². The summed E-state index contributed by atoms with van der Waals surface area (Å²) < 4.78 is 32.3. The normalized spacial score (nSPS) is 11.3. The Morgan fingerprint density at radius 3 is 2.86 bits per heavy atom. The van der Waals surface area contributed by atoms with Gasteiger partial charge in [-0.05, 0) is 24.6 Å². The maximum Gasteiger partial charge on any atom is 0.262 e. The first-order valence-electron chi connectivity index (χ1n) is 6.45. The number of ether oxygens (including phenoxy) is 1. The van der Waals surface area contributed by atoms with Crippen LogP contribution in [-0.2, 0) is 16.6 Å². The number of H-pyrrole nitrogens is 1. The van der Waals surface area contributed by atoms with Crippen molar-refractivity contribution in [1.82, 2.24) is 10.2 Å². The van der Waals surface area contributed by atoms with Gasteiger partial charge in [-0.3, -0.25) is 9.82 Å². The Bertz CT molecular complexity index is 683. The number of aliphatic hydroxyl groups excluding tert-OH is 1. The molecule has 0 amide bonds. The van der Waals surface area contributed by atoms with Crippen LogP contribution in [0.3, 0.4) is 0 Å². The smallest absolute Gasteiger partial charge is 0.262 e. The van der Waals surface area contributed by atoms with E-state index < -0.39 is 10.0 Å². The quantitative estimate of drug-likeness (QED) is 0.718. The molecule has 2 aromatic rings. The van der Waals surface area contributed by atoms with Crippen molar-refractivity contribution in [2.24, 2.45) is 0 Å². The molecular formula is C13H17N3O4S. The Balaban J connectivity index is 2.27. The van der Waals surface area contributed by atoms with E-state index in [1.165, 1.54) is 24.5 Å². The van der Waals surface area contributed by atoms with Crippen LogP contribution in [0.25, 0.3) is 0 Å². The minimum Gasteiger partial charge on any atom is -0.493 e. The van der Waals surface area contributed by atoms with Crippen LogP contribution in [-0.4, -0.2) is 30.3 Å². The third-order valence-electron chi connectivity index (χ3n) is 2.72. The highest BCUT2D eigenvalue weighted by Crippen LogP contribution is 2.24. The summed E-state index contributed by atoms with van der Waals surface area (Å²) in [7, 11) is -3.73. The molecule has 2 rings (SSSR count). The number of benzene rings is 1. The number of nitrogens with zero attached hydrogens (tertiary/aromatic N) is 1. The van der Waals surface area contributed by atoms with Crippen LogP contribution in [0, 0.1) is 0 Å². The fourth-order valence-corrected chi connectivity index (χ4v) is 2.80. The van der Waals surface area contributed by atoms with Gasteiger partial charge in [-0.15, -0.1) is 0 Å². The Kier molecular flexibility index (Phi) is 4.81. The molecule has 0 aliphatic heterocycles. The summed E-state index contributed by atoms with van der Waals surface area (Å²) >= 11 is 0. The summed E-state index contributed by atoms with van der Waals surface area (Å²) in [5, 5.41) is 15.5. The Labute approximate surface area is 123 Å². The maximum absolute atomic E-state index is 12.2. The summed E-state index contributed by atoms with van der Waals surface area (Å²) in [5.41, 5.74) is 0.769. The van der Waals surface area contributed by atoms with Crippen LogP contribution in [0.5, 0.6) is 5.75 Å². The fraction of sp³-hybridized carbons (Fsp3) is 0.308.